The minimum absolute atomic E-state index is 0.358. The molecule has 32 heavy (non-hydrogen) atoms. The second-order valence-corrected chi connectivity index (χ2v) is 10.3. The molecule has 0 bridgehead atoms. The Balaban J connectivity index is 1.47. The van der Waals surface area contributed by atoms with Crippen LogP contribution >= 0.6 is 0 Å². The van der Waals surface area contributed by atoms with Gasteiger partial charge in [-0.05, 0) is 63.1 Å². The number of nitrogens with zero attached hydrogens (tertiary/aromatic N) is 4. The van der Waals surface area contributed by atoms with E-state index in [0.29, 0.717) is 37.0 Å². The molecule has 1 aliphatic heterocycles. The zero-order valence-corrected chi connectivity index (χ0v) is 19.8. The van der Waals surface area contributed by atoms with Crippen LogP contribution in [-0.2, 0) is 10.0 Å². The molecule has 0 radical (unpaired) electrons. The minimum Gasteiger partial charge on any atom is -0.354 e. The van der Waals surface area contributed by atoms with Crippen LogP contribution in [0.25, 0.3) is 0 Å². The number of aromatic nitrogens is 2. The van der Waals surface area contributed by atoms with Crippen LogP contribution in [0, 0.1) is 27.7 Å². The van der Waals surface area contributed by atoms with Crippen molar-refractivity contribution in [2.45, 2.75) is 32.6 Å². The van der Waals surface area contributed by atoms with Gasteiger partial charge in [-0.1, -0.05) is 23.8 Å². The average Bonchev–Trinajstić information content (AvgIpc) is 2.77. The topological polar surface area (TPSA) is 78.4 Å². The van der Waals surface area contributed by atoms with Crippen LogP contribution in [0.4, 0.5) is 17.5 Å². The number of piperazine rings is 1. The molecule has 1 aliphatic rings. The van der Waals surface area contributed by atoms with Gasteiger partial charge in [-0.3, -0.25) is 0 Å². The van der Waals surface area contributed by atoms with Gasteiger partial charge in [0.2, 0.25) is 16.0 Å². The van der Waals surface area contributed by atoms with Crippen LogP contribution in [0.3, 0.4) is 0 Å². The summed E-state index contributed by atoms with van der Waals surface area (Å²) in [6.45, 7) is 9.88. The lowest BCUT2D eigenvalue weighted by atomic mass is 10.1. The lowest BCUT2D eigenvalue weighted by Gasteiger charge is -2.35. The van der Waals surface area contributed by atoms with E-state index in [2.05, 4.69) is 20.2 Å². The Bertz CT molecular complexity index is 1220. The molecule has 4 rings (SSSR count). The lowest BCUT2D eigenvalue weighted by Crippen LogP contribution is -2.49. The third kappa shape index (κ3) is 4.76. The third-order valence-electron chi connectivity index (χ3n) is 5.83. The highest BCUT2D eigenvalue weighted by Crippen LogP contribution is 2.23. The molecule has 0 spiro atoms. The summed E-state index contributed by atoms with van der Waals surface area (Å²) in [6, 6.07) is 15.3. The Morgan fingerprint density at radius 3 is 2.16 bits per heavy atom. The third-order valence-corrected chi connectivity index (χ3v) is 7.72. The highest BCUT2D eigenvalue weighted by atomic mass is 32.2. The molecule has 0 aliphatic carbocycles. The van der Waals surface area contributed by atoms with Crippen LogP contribution in [0.1, 0.15) is 22.4 Å². The smallest absolute Gasteiger partial charge is 0.243 e. The van der Waals surface area contributed by atoms with Gasteiger partial charge in [0.15, 0.2) is 0 Å². The number of benzene rings is 2. The van der Waals surface area contributed by atoms with Crippen LogP contribution in [-0.4, -0.2) is 48.9 Å². The molecular weight excluding hydrogens is 422 g/mol. The number of anilines is 3. The molecule has 0 amide bonds. The predicted octanol–water partition coefficient (Wildman–Crippen LogP) is 3.96. The molecule has 1 N–H and O–H groups in total. The summed E-state index contributed by atoms with van der Waals surface area (Å²) in [6.07, 6.45) is 0. The van der Waals surface area contributed by atoms with Gasteiger partial charge in [0, 0.05) is 43.6 Å². The van der Waals surface area contributed by atoms with Crippen molar-refractivity contribution in [1.29, 1.82) is 0 Å². The van der Waals surface area contributed by atoms with Crippen molar-refractivity contribution in [2.24, 2.45) is 0 Å². The Morgan fingerprint density at radius 1 is 0.812 bits per heavy atom. The first kappa shape index (κ1) is 22.2. The van der Waals surface area contributed by atoms with Crippen LogP contribution in [0.5, 0.6) is 0 Å². The van der Waals surface area contributed by atoms with Crippen LogP contribution in [0.15, 0.2) is 53.4 Å². The summed E-state index contributed by atoms with van der Waals surface area (Å²) in [5, 5.41) is 3.26. The van der Waals surface area contributed by atoms with Gasteiger partial charge in [-0.2, -0.15) is 9.29 Å². The molecule has 1 aromatic heterocycles. The van der Waals surface area contributed by atoms with E-state index in [1.54, 1.807) is 16.4 Å². The van der Waals surface area contributed by atoms with Crippen molar-refractivity contribution in [2.75, 3.05) is 36.4 Å². The number of nitrogens with one attached hydrogen (secondary N) is 1. The van der Waals surface area contributed by atoms with Gasteiger partial charge in [0.1, 0.15) is 5.82 Å². The summed E-state index contributed by atoms with van der Waals surface area (Å²) in [5.41, 5.74) is 5.04. The van der Waals surface area contributed by atoms with E-state index in [1.807, 2.05) is 64.1 Å². The second-order valence-electron chi connectivity index (χ2n) is 8.32. The monoisotopic (exact) mass is 451 g/mol. The zero-order valence-electron chi connectivity index (χ0n) is 19.0. The summed E-state index contributed by atoms with van der Waals surface area (Å²) in [4.78, 5) is 11.6. The molecule has 3 aromatic rings. The predicted molar refractivity (Wildman–Crippen MR) is 128 cm³/mol. The fourth-order valence-electron chi connectivity index (χ4n) is 3.72. The van der Waals surface area contributed by atoms with Gasteiger partial charge in [-0.25, -0.2) is 13.4 Å². The largest absolute Gasteiger partial charge is 0.354 e. The maximum Gasteiger partial charge on any atom is 0.243 e. The zero-order chi connectivity index (χ0) is 22.9. The molecule has 8 heteroatoms. The van der Waals surface area contributed by atoms with E-state index in [9.17, 15) is 8.42 Å². The highest BCUT2D eigenvalue weighted by molar-refractivity contribution is 7.89. The normalized spacial score (nSPS) is 15.1. The molecule has 2 heterocycles. The minimum atomic E-state index is -3.51. The molecule has 0 saturated carbocycles. The van der Waals surface area contributed by atoms with Crippen molar-refractivity contribution in [1.82, 2.24) is 14.3 Å². The number of sulfonamides is 1. The van der Waals surface area contributed by atoms with Gasteiger partial charge in [-0.15, -0.1) is 0 Å². The van der Waals surface area contributed by atoms with Crippen molar-refractivity contribution in [3.63, 3.8) is 0 Å². The summed E-state index contributed by atoms with van der Waals surface area (Å²) in [5.74, 6) is 1.34. The summed E-state index contributed by atoms with van der Waals surface area (Å²) >= 11 is 0. The Labute approximate surface area is 190 Å². The Hall–Kier alpha value is -2.97. The van der Waals surface area contributed by atoms with Gasteiger partial charge in [0.05, 0.1) is 4.90 Å². The van der Waals surface area contributed by atoms with Crippen molar-refractivity contribution >= 4 is 27.5 Å². The molecule has 7 nitrogen and oxygen atoms in total. The molecule has 1 fully saturated rings. The highest BCUT2D eigenvalue weighted by Gasteiger charge is 2.29. The Kier molecular flexibility index (Phi) is 6.17. The summed E-state index contributed by atoms with van der Waals surface area (Å²) in [7, 11) is -3.51. The maximum absolute atomic E-state index is 13.1. The van der Waals surface area contributed by atoms with E-state index in [1.165, 1.54) is 5.56 Å². The standard InChI is InChI=1S/C24H29N5O2S/c1-17-5-8-21(9-6-17)26-24-25-20(4)16-23(27-24)28-11-13-29(14-12-28)32(30,31)22-10-7-18(2)19(3)15-22/h5-10,15-16H,11-14H2,1-4H3,(H,25,26,27). The Morgan fingerprint density at radius 2 is 1.50 bits per heavy atom. The SMILES string of the molecule is Cc1ccc(Nc2nc(C)cc(N3CCN(S(=O)(=O)c4ccc(C)c(C)c4)CC3)n2)cc1. The molecule has 0 atom stereocenters. The number of rotatable bonds is 5. The van der Waals surface area contributed by atoms with E-state index in [4.69, 9.17) is 0 Å². The first-order valence-corrected chi connectivity index (χ1v) is 12.2. The number of aryl methyl sites for hydroxylation is 4. The maximum atomic E-state index is 13.1. The second kappa shape index (κ2) is 8.88. The van der Waals surface area contributed by atoms with Crippen molar-refractivity contribution in [3.8, 4) is 0 Å². The molecule has 2 aromatic carbocycles. The average molecular weight is 452 g/mol. The van der Waals surface area contributed by atoms with E-state index in [-0.39, 0.29) is 0 Å². The van der Waals surface area contributed by atoms with E-state index < -0.39 is 10.0 Å². The first-order valence-electron chi connectivity index (χ1n) is 10.7. The number of hydrogen-bond donors (Lipinski definition) is 1. The van der Waals surface area contributed by atoms with E-state index in [0.717, 1.165) is 28.3 Å². The van der Waals surface area contributed by atoms with Gasteiger partial charge in [0.25, 0.3) is 0 Å². The van der Waals surface area contributed by atoms with E-state index >= 15 is 0 Å². The van der Waals surface area contributed by atoms with Crippen LogP contribution in [0.2, 0.25) is 0 Å². The van der Waals surface area contributed by atoms with Gasteiger partial charge >= 0.3 is 0 Å². The van der Waals surface area contributed by atoms with Crippen molar-refractivity contribution in [3.05, 3.63) is 70.9 Å². The number of hydrogen-bond acceptors (Lipinski definition) is 6. The van der Waals surface area contributed by atoms with Crippen LogP contribution < -0.4 is 10.2 Å². The molecule has 168 valence electrons. The fraction of sp³-hybridized carbons (Fsp3) is 0.333. The summed E-state index contributed by atoms with van der Waals surface area (Å²) < 4.78 is 27.8. The lowest BCUT2D eigenvalue weighted by molar-refractivity contribution is 0.383. The molecular formula is C24H29N5O2S. The quantitative estimate of drug-likeness (QED) is 0.633. The first-order chi connectivity index (χ1) is 15.2. The van der Waals surface area contributed by atoms with Gasteiger partial charge < -0.3 is 10.2 Å². The fourth-order valence-corrected chi connectivity index (χ4v) is 5.22. The van der Waals surface area contributed by atoms with Crippen molar-refractivity contribution < 1.29 is 8.42 Å². The molecule has 1 saturated heterocycles. The molecule has 0 unspecified atom stereocenters.